The smallest absolute Gasteiger partial charge is 0.131 e. The number of hydrogen-bond donors (Lipinski definition) is 0. The van der Waals surface area contributed by atoms with E-state index in [0.29, 0.717) is 0 Å². The van der Waals surface area contributed by atoms with Gasteiger partial charge in [-0.05, 0) is 84.7 Å². The van der Waals surface area contributed by atoms with Crippen molar-refractivity contribution in [3.05, 3.63) is 93.7 Å². The number of benzene rings is 3. The molecule has 0 bridgehead atoms. The molecule has 7 aromatic rings. The number of fused-ring (bicyclic) bond motifs is 6. The van der Waals surface area contributed by atoms with Crippen molar-refractivity contribution in [1.82, 2.24) is 9.13 Å². The maximum absolute atomic E-state index is 9.21. The average Bonchev–Trinajstić information content (AvgIpc) is 3.94. The second kappa shape index (κ2) is 13.9. The Hall–Kier alpha value is -5.90. The molecule has 50 heavy (non-hydrogen) atoms. The lowest BCUT2D eigenvalue weighted by molar-refractivity contribution is 0.664. The molecular weight excluding hydrogens is 653 g/mol. The normalized spacial score (nSPS) is 11.0. The van der Waals surface area contributed by atoms with Crippen molar-refractivity contribution in [2.24, 2.45) is 0 Å². The summed E-state index contributed by atoms with van der Waals surface area (Å²) in [4.78, 5) is 3.98. The van der Waals surface area contributed by atoms with Gasteiger partial charge in [0.25, 0.3) is 0 Å². The van der Waals surface area contributed by atoms with E-state index in [4.69, 9.17) is 0 Å². The van der Waals surface area contributed by atoms with E-state index in [1.165, 1.54) is 43.6 Å². The van der Waals surface area contributed by atoms with E-state index in [1.54, 1.807) is 34.8 Å². The number of rotatable bonds is 10. The quantitative estimate of drug-likeness (QED) is 0.134. The van der Waals surface area contributed by atoms with Crippen molar-refractivity contribution in [2.45, 2.75) is 52.6 Å². The lowest BCUT2D eigenvalue weighted by Crippen LogP contribution is -1.98. The van der Waals surface area contributed by atoms with Gasteiger partial charge < -0.3 is 9.13 Å². The van der Waals surface area contributed by atoms with Gasteiger partial charge in [0.1, 0.15) is 35.4 Å². The van der Waals surface area contributed by atoms with Crippen LogP contribution in [0.1, 0.15) is 49.3 Å². The molecule has 0 unspecified atom stereocenters. The lowest BCUT2D eigenvalue weighted by Gasteiger charge is -2.08. The summed E-state index contributed by atoms with van der Waals surface area (Å²) >= 11 is 3.17. The first-order valence-electron chi connectivity index (χ1n) is 16.8. The zero-order valence-electron chi connectivity index (χ0n) is 27.8. The van der Waals surface area contributed by atoms with Crippen molar-refractivity contribution in [3.8, 4) is 45.2 Å². The van der Waals surface area contributed by atoms with Crippen LogP contribution in [0.5, 0.6) is 0 Å². The van der Waals surface area contributed by atoms with Crippen molar-refractivity contribution in [3.63, 3.8) is 0 Å². The molecule has 242 valence electrons. The van der Waals surface area contributed by atoms with Gasteiger partial charge in [-0.2, -0.15) is 21.0 Å². The highest BCUT2D eigenvalue weighted by Crippen LogP contribution is 2.41. The molecule has 0 aliphatic rings. The third kappa shape index (κ3) is 5.87. The Morgan fingerprint density at radius 1 is 0.540 bits per heavy atom. The zero-order chi connectivity index (χ0) is 34.8. The molecule has 0 saturated carbocycles. The Morgan fingerprint density at radius 2 is 0.940 bits per heavy atom. The molecule has 3 aromatic carbocycles. The second-order valence-corrected chi connectivity index (χ2v) is 14.6. The molecule has 0 saturated heterocycles. The standard InChI is InChI=1S/C42H32N6S2/c1-3-5-15-47-37-19-29(41-13-9-31(49-41)17-27(23-43)24-44)7-11-33(37)35-22-40-36(21-39(35)47)34-12-8-30(20-38(34)48(40)16-6-4-2)42-14-10-32(50-42)18-28(25-45)26-46/h7-14,17-22H,3-6,15-16H2,1-2H3. The number of unbranched alkanes of at least 4 members (excludes halogenated alkanes) is 2. The molecular formula is C42H32N6S2. The SMILES string of the molecule is CCCCn1c2cc(-c3ccc(C=C(C#N)C#N)s3)ccc2c2cc3c(cc21)c1ccc(-c2ccc(C=C(C#N)C#N)s2)cc1n3CCCC. The summed E-state index contributed by atoms with van der Waals surface area (Å²) in [7, 11) is 0. The monoisotopic (exact) mass is 684 g/mol. The maximum Gasteiger partial charge on any atom is 0.131 e. The minimum absolute atomic E-state index is 0.104. The Balaban J connectivity index is 1.40. The third-order valence-corrected chi connectivity index (χ3v) is 11.4. The first kappa shape index (κ1) is 32.6. The molecule has 0 radical (unpaired) electrons. The van der Waals surface area contributed by atoms with Crippen LogP contribution in [0.3, 0.4) is 0 Å². The van der Waals surface area contributed by atoms with Crippen LogP contribution in [-0.2, 0) is 13.1 Å². The van der Waals surface area contributed by atoms with Gasteiger partial charge in [0.15, 0.2) is 0 Å². The number of aromatic nitrogens is 2. The van der Waals surface area contributed by atoms with Crippen molar-refractivity contribution >= 4 is 78.4 Å². The van der Waals surface area contributed by atoms with Crippen LogP contribution < -0.4 is 0 Å². The fraction of sp³-hybridized carbons (Fsp3) is 0.190. The fourth-order valence-electron chi connectivity index (χ4n) is 6.74. The number of allylic oxidation sites excluding steroid dienone is 2. The van der Waals surface area contributed by atoms with Crippen LogP contribution in [0.2, 0.25) is 0 Å². The lowest BCUT2D eigenvalue weighted by atomic mass is 10.1. The molecule has 0 spiro atoms. The summed E-state index contributed by atoms with van der Waals surface area (Å²) in [6.07, 6.45) is 7.63. The summed E-state index contributed by atoms with van der Waals surface area (Å²) in [5.74, 6) is 0. The molecule has 0 aliphatic heterocycles. The van der Waals surface area contributed by atoms with Crippen molar-refractivity contribution in [1.29, 1.82) is 21.0 Å². The highest BCUT2D eigenvalue weighted by Gasteiger charge is 2.18. The first-order chi connectivity index (χ1) is 24.5. The van der Waals surface area contributed by atoms with E-state index in [9.17, 15) is 21.0 Å². The van der Waals surface area contributed by atoms with E-state index in [-0.39, 0.29) is 11.1 Å². The summed E-state index contributed by atoms with van der Waals surface area (Å²) in [6.45, 7) is 6.30. The van der Waals surface area contributed by atoms with Crippen molar-refractivity contribution < 1.29 is 0 Å². The number of nitriles is 4. The van der Waals surface area contributed by atoms with E-state index in [0.717, 1.165) is 69.4 Å². The van der Waals surface area contributed by atoms with Gasteiger partial charge >= 0.3 is 0 Å². The third-order valence-electron chi connectivity index (χ3n) is 9.20. The highest BCUT2D eigenvalue weighted by atomic mass is 32.1. The average molecular weight is 685 g/mol. The van der Waals surface area contributed by atoms with Gasteiger partial charge in [0.2, 0.25) is 0 Å². The molecule has 0 amide bonds. The molecule has 6 nitrogen and oxygen atoms in total. The van der Waals surface area contributed by atoms with Gasteiger partial charge in [-0.25, -0.2) is 0 Å². The Labute approximate surface area is 298 Å². The van der Waals surface area contributed by atoms with Crippen LogP contribution in [0.15, 0.2) is 83.9 Å². The second-order valence-electron chi connectivity index (χ2n) is 12.3. The maximum atomic E-state index is 9.21. The van der Waals surface area contributed by atoms with Gasteiger partial charge in [-0.15, -0.1) is 22.7 Å². The van der Waals surface area contributed by atoms with E-state index in [2.05, 4.69) is 83.6 Å². The summed E-state index contributed by atoms with van der Waals surface area (Å²) < 4.78 is 4.96. The molecule has 0 aliphatic carbocycles. The number of nitrogens with zero attached hydrogens (tertiary/aromatic N) is 6. The Kier molecular flexibility index (Phi) is 9.08. The molecule has 4 heterocycles. The van der Waals surface area contributed by atoms with Crippen LogP contribution in [-0.4, -0.2) is 9.13 Å². The molecule has 0 fully saturated rings. The molecule has 4 aromatic heterocycles. The van der Waals surface area contributed by atoms with E-state index in [1.807, 2.05) is 36.4 Å². The topological polar surface area (TPSA) is 105 Å². The van der Waals surface area contributed by atoms with Crippen LogP contribution in [0.25, 0.3) is 76.6 Å². The van der Waals surface area contributed by atoms with Crippen LogP contribution >= 0.6 is 22.7 Å². The zero-order valence-corrected chi connectivity index (χ0v) is 29.5. The van der Waals surface area contributed by atoms with E-state index < -0.39 is 0 Å². The van der Waals surface area contributed by atoms with Gasteiger partial charge in [0.05, 0.1) is 0 Å². The number of thiophene rings is 2. The van der Waals surface area contributed by atoms with Gasteiger partial charge in [-0.3, -0.25) is 0 Å². The Morgan fingerprint density at radius 3 is 1.32 bits per heavy atom. The summed E-state index contributed by atoms with van der Waals surface area (Å²) in [6, 6.07) is 34.1. The summed E-state index contributed by atoms with van der Waals surface area (Å²) in [5.41, 5.74) is 7.35. The first-order valence-corrected chi connectivity index (χ1v) is 18.4. The van der Waals surface area contributed by atoms with E-state index >= 15 is 0 Å². The van der Waals surface area contributed by atoms with Gasteiger partial charge in [0, 0.05) is 76.2 Å². The molecule has 0 N–H and O–H groups in total. The number of hydrogen-bond acceptors (Lipinski definition) is 6. The Bertz CT molecular complexity index is 2460. The van der Waals surface area contributed by atoms with Crippen LogP contribution in [0.4, 0.5) is 0 Å². The predicted octanol–water partition coefficient (Wildman–Crippen LogP) is 11.8. The fourth-order valence-corrected chi connectivity index (χ4v) is 8.63. The highest BCUT2D eigenvalue weighted by molar-refractivity contribution is 7.16. The molecule has 8 heteroatoms. The van der Waals surface area contributed by atoms with Crippen molar-refractivity contribution in [2.75, 3.05) is 0 Å². The number of aryl methyl sites for hydroxylation is 2. The van der Waals surface area contributed by atoms with Gasteiger partial charge in [-0.1, -0.05) is 51.0 Å². The predicted molar refractivity (Wildman–Crippen MR) is 207 cm³/mol. The largest absolute Gasteiger partial charge is 0.340 e. The minimum atomic E-state index is 0.104. The van der Waals surface area contributed by atoms with Crippen LogP contribution in [0, 0.1) is 45.3 Å². The summed E-state index contributed by atoms with van der Waals surface area (Å²) in [5, 5.41) is 41.8. The minimum Gasteiger partial charge on any atom is -0.340 e. The molecule has 7 rings (SSSR count). The molecule has 0 atom stereocenters.